The molecule has 0 spiro atoms. The molecule has 0 radical (unpaired) electrons. The summed E-state index contributed by atoms with van der Waals surface area (Å²) in [6.45, 7) is 1.84. The molecule has 0 atom stereocenters. The van der Waals surface area contributed by atoms with Crippen LogP contribution in [-0.4, -0.2) is 35.2 Å². The summed E-state index contributed by atoms with van der Waals surface area (Å²) >= 11 is 1.27. The largest absolute Gasteiger partial charge is 0.423 e. The van der Waals surface area contributed by atoms with Gasteiger partial charge in [0, 0.05) is 13.1 Å². The number of carbonyl (C=O) groups is 2. The first-order chi connectivity index (χ1) is 16.5. The van der Waals surface area contributed by atoms with Crippen LogP contribution in [0.15, 0.2) is 54.1 Å². The Morgan fingerprint density at radius 1 is 1.06 bits per heavy atom. The van der Waals surface area contributed by atoms with Crippen molar-refractivity contribution in [1.82, 2.24) is 10.2 Å². The highest BCUT2D eigenvalue weighted by Crippen LogP contribution is 2.27. The molecule has 1 amide bonds. The highest BCUT2D eigenvalue weighted by molar-refractivity contribution is 7.19. The number of amides is 1. The molecule has 0 aliphatic carbocycles. The molecule has 0 bridgehead atoms. The number of piperidine rings is 1. The summed E-state index contributed by atoms with van der Waals surface area (Å²) in [5.74, 6) is -1.39. The zero-order valence-corrected chi connectivity index (χ0v) is 18.8. The molecular formula is C24H20FN5O3S. The molecule has 172 valence electrons. The third-order valence-electron chi connectivity index (χ3n) is 5.11. The lowest BCUT2D eigenvalue weighted by Crippen LogP contribution is -2.29. The first-order valence-electron chi connectivity index (χ1n) is 10.6. The van der Waals surface area contributed by atoms with E-state index in [4.69, 9.17) is 4.74 Å². The number of anilines is 2. The predicted molar refractivity (Wildman–Crippen MR) is 126 cm³/mol. The summed E-state index contributed by atoms with van der Waals surface area (Å²) in [5.41, 5.74) is 0.680. The summed E-state index contributed by atoms with van der Waals surface area (Å²) < 4.78 is 18.3. The van der Waals surface area contributed by atoms with Crippen molar-refractivity contribution in [3.63, 3.8) is 0 Å². The van der Waals surface area contributed by atoms with E-state index >= 15 is 0 Å². The van der Waals surface area contributed by atoms with Crippen molar-refractivity contribution in [1.29, 1.82) is 5.26 Å². The highest BCUT2D eigenvalue weighted by atomic mass is 32.1. The van der Waals surface area contributed by atoms with Crippen molar-refractivity contribution in [2.75, 3.05) is 23.3 Å². The lowest BCUT2D eigenvalue weighted by Gasteiger charge is -2.25. The van der Waals surface area contributed by atoms with Crippen molar-refractivity contribution < 1.29 is 18.7 Å². The maximum Gasteiger partial charge on any atom is 0.343 e. The van der Waals surface area contributed by atoms with Gasteiger partial charge in [-0.05, 0) is 67.3 Å². The van der Waals surface area contributed by atoms with Gasteiger partial charge in [-0.15, -0.1) is 10.2 Å². The van der Waals surface area contributed by atoms with Crippen LogP contribution in [0.1, 0.15) is 35.2 Å². The van der Waals surface area contributed by atoms with E-state index in [0.717, 1.165) is 31.1 Å². The summed E-state index contributed by atoms with van der Waals surface area (Å²) in [4.78, 5) is 26.8. The number of ether oxygens (including phenoxy) is 1. The first kappa shape index (κ1) is 23.1. The zero-order valence-electron chi connectivity index (χ0n) is 18.0. The fourth-order valence-electron chi connectivity index (χ4n) is 3.34. The van der Waals surface area contributed by atoms with Gasteiger partial charge in [0.25, 0.3) is 5.91 Å². The molecule has 1 saturated heterocycles. The molecule has 3 aromatic rings. The molecule has 1 aliphatic rings. The number of rotatable bonds is 6. The van der Waals surface area contributed by atoms with Gasteiger partial charge in [0.15, 0.2) is 0 Å². The smallest absolute Gasteiger partial charge is 0.343 e. The van der Waals surface area contributed by atoms with Crippen LogP contribution in [0.3, 0.4) is 0 Å². The van der Waals surface area contributed by atoms with E-state index in [1.807, 2.05) is 6.07 Å². The molecule has 1 N–H and O–H groups in total. The first-order valence-corrected chi connectivity index (χ1v) is 11.4. The molecule has 1 aromatic heterocycles. The van der Waals surface area contributed by atoms with Gasteiger partial charge >= 0.3 is 5.97 Å². The number of nitrogens with zero attached hydrogens (tertiary/aromatic N) is 4. The predicted octanol–water partition coefficient (Wildman–Crippen LogP) is 4.43. The monoisotopic (exact) mass is 477 g/mol. The second-order valence-corrected chi connectivity index (χ2v) is 8.48. The minimum absolute atomic E-state index is 0.106. The van der Waals surface area contributed by atoms with Crippen LogP contribution in [0.5, 0.6) is 5.75 Å². The van der Waals surface area contributed by atoms with Gasteiger partial charge in [-0.25, -0.2) is 9.18 Å². The Bertz CT molecular complexity index is 1240. The average Bonchev–Trinajstić information content (AvgIpc) is 3.33. The maximum atomic E-state index is 13.0. The number of aromatic nitrogens is 2. The molecule has 0 unspecified atom stereocenters. The van der Waals surface area contributed by atoms with Crippen molar-refractivity contribution in [2.24, 2.45) is 0 Å². The summed E-state index contributed by atoms with van der Waals surface area (Å²) in [6.07, 6.45) is 4.83. The Morgan fingerprint density at radius 2 is 1.76 bits per heavy atom. The minimum atomic E-state index is -0.624. The number of halogens is 1. The SMILES string of the molecule is N#C/C(=C/c1ccc(OC(=O)c2ccc(F)cc2)cc1)C(=O)Nc1nnc(N2CCCCC2)s1. The molecular weight excluding hydrogens is 457 g/mol. The van der Waals surface area contributed by atoms with Crippen LogP contribution >= 0.6 is 11.3 Å². The topological polar surface area (TPSA) is 108 Å². The standard InChI is InChI=1S/C24H20FN5O3S/c25-19-8-6-17(7-9-19)22(32)33-20-10-4-16(5-11-20)14-18(15-26)21(31)27-23-28-29-24(34-23)30-12-2-1-3-13-30/h4-11,14H,1-3,12-13H2,(H,27,28,31)/b18-14-. The van der Waals surface area contributed by atoms with Crippen LogP contribution in [0.2, 0.25) is 0 Å². The number of esters is 1. The van der Waals surface area contributed by atoms with Crippen LogP contribution in [0, 0.1) is 17.1 Å². The van der Waals surface area contributed by atoms with Crippen LogP contribution in [-0.2, 0) is 4.79 Å². The average molecular weight is 478 g/mol. The van der Waals surface area contributed by atoms with Crippen molar-refractivity contribution in [3.8, 4) is 11.8 Å². The maximum absolute atomic E-state index is 13.0. The van der Waals surface area contributed by atoms with Crippen LogP contribution in [0.4, 0.5) is 14.7 Å². The normalized spacial score (nSPS) is 13.8. The van der Waals surface area contributed by atoms with Gasteiger partial charge in [-0.3, -0.25) is 10.1 Å². The highest BCUT2D eigenvalue weighted by Gasteiger charge is 2.18. The molecule has 4 rings (SSSR count). The molecule has 2 heterocycles. The Labute approximate surface area is 199 Å². The van der Waals surface area contributed by atoms with E-state index in [-0.39, 0.29) is 16.9 Å². The fourth-order valence-corrected chi connectivity index (χ4v) is 4.13. The quantitative estimate of drug-likeness (QED) is 0.242. The summed E-state index contributed by atoms with van der Waals surface area (Å²) in [5, 5.41) is 21.3. The van der Waals surface area contributed by atoms with Gasteiger partial charge in [-0.1, -0.05) is 23.5 Å². The number of nitrogens with one attached hydrogen (secondary N) is 1. The van der Waals surface area contributed by atoms with E-state index in [2.05, 4.69) is 20.4 Å². The van der Waals surface area contributed by atoms with Gasteiger partial charge in [0.05, 0.1) is 5.56 Å². The van der Waals surface area contributed by atoms with E-state index in [1.54, 1.807) is 12.1 Å². The summed E-state index contributed by atoms with van der Waals surface area (Å²) in [6, 6.07) is 13.2. The second kappa shape index (κ2) is 10.7. The summed E-state index contributed by atoms with van der Waals surface area (Å²) in [7, 11) is 0. The van der Waals surface area contributed by atoms with E-state index in [1.165, 1.54) is 60.2 Å². The molecule has 2 aromatic carbocycles. The number of hydrogen-bond acceptors (Lipinski definition) is 8. The van der Waals surface area contributed by atoms with Crippen molar-refractivity contribution >= 4 is 39.6 Å². The van der Waals surface area contributed by atoms with E-state index in [9.17, 15) is 19.2 Å². The van der Waals surface area contributed by atoms with Gasteiger partial charge in [0.1, 0.15) is 23.2 Å². The van der Waals surface area contributed by atoms with Crippen molar-refractivity contribution in [3.05, 3.63) is 71.0 Å². The Morgan fingerprint density at radius 3 is 2.44 bits per heavy atom. The van der Waals surface area contributed by atoms with Gasteiger partial charge < -0.3 is 9.64 Å². The third kappa shape index (κ3) is 5.82. The van der Waals surface area contributed by atoms with Crippen LogP contribution < -0.4 is 15.0 Å². The van der Waals surface area contributed by atoms with Gasteiger partial charge in [0.2, 0.25) is 10.3 Å². The number of nitriles is 1. The lowest BCUT2D eigenvalue weighted by atomic mass is 10.1. The lowest BCUT2D eigenvalue weighted by molar-refractivity contribution is -0.112. The van der Waals surface area contributed by atoms with Crippen LogP contribution in [0.25, 0.3) is 6.08 Å². The Kier molecular flexibility index (Phi) is 7.25. The van der Waals surface area contributed by atoms with Crippen molar-refractivity contribution in [2.45, 2.75) is 19.3 Å². The number of carbonyl (C=O) groups excluding carboxylic acids is 2. The number of hydrogen-bond donors (Lipinski definition) is 1. The zero-order chi connectivity index (χ0) is 23.9. The Hall–Kier alpha value is -4.10. The Balaban J connectivity index is 1.38. The molecule has 34 heavy (non-hydrogen) atoms. The van der Waals surface area contributed by atoms with Gasteiger partial charge in [-0.2, -0.15) is 5.26 Å². The molecule has 0 saturated carbocycles. The van der Waals surface area contributed by atoms with E-state index < -0.39 is 17.7 Å². The minimum Gasteiger partial charge on any atom is -0.423 e. The molecule has 1 fully saturated rings. The number of benzene rings is 2. The molecule has 10 heteroatoms. The fraction of sp³-hybridized carbons (Fsp3) is 0.208. The molecule has 8 nitrogen and oxygen atoms in total. The molecule has 1 aliphatic heterocycles. The third-order valence-corrected chi connectivity index (χ3v) is 6.01. The second-order valence-electron chi connectivity index (χ2n) is 7.53. The van der Waals surface area contributed by atoms with E-state index in [0.29, 0.717) is 10.7 Å².